The quantitative estimate of drug-likeness (QED) is 0.908. The predicted molar refractivity (Wildman–Crippen MR) is 74.7 cm³/mol. The molecular formula is C15H23NO3. The summed E-state index contributed by atoms with van der Waals surface area (Å²) in [5.74, 6) is 1.83. The van der Waals surface area contributed by atoms with E-state index in [0.29, 0.717) is 5.92 Å². The minimum atomic E-state index is -0.0303. The fraction of sp³-hybridized carbons (Fsp3) is 0.600. The fourth-order valence-corrected chi connectivity index (χ4v) is 2.81. The maximum absolute atomic E-state index is 6.43. The first kappa shape index (κ1) is 14.2. The van der Waals surface area contributed by atoms with Gasteiger partial charge < -0.3 is 19.9 Å². The molecule has 4 nitrogen and oxygen atoms in total. The van der Waals surface area contributed by atoms with Crippen LogP contribution in [-0.4, -0.2) is 26.9 Å². The average molecular weight is 265 g/mol. The molecule has 1 aromatic carbocycles. The first-order chi connectivity index (χ1) is 9.08. The Bertz CT molecular complexity index is 447. The summed E-state index contributed by atoms with van der Waals surface area (Å²) in [7, 11) is 3.29. The van der Waals surface area contributed by atoms with Crippen LogP contribution in [-0.2, 0) is 4.74 Å². The minimum absolute atomic E-state index is 0.0303. The van der Waals surface area contributed by atoms with E-state index in [4.69, 9.17) is 19.9 Å². The zero-order valence-corrected chi connectivity index (χ0v) is 12.1. The van der Waals surface area contributed by atoms with Gasteiger partial charge in [0.05, 0.1) is 20.3 Å². The Hall–Kier alpha value is -1.26. The van der Waals surface area contributed by atoms with Gasteiger partial charge in [0.1, 0.15) is 0 Å². The second-order valence-electron chi connectivity index (χ2n) is 5.12. The molecule has 0 bridgehead atoms. The second-order valence-corrected chi connectivity index (χ2v) is 5.12. The molecule has 19 heavy (non-hydrogen) atoms. The molecule has 1 saturated heterocycles. The Labute approximate surface area is 114 Å². The zero-order chi connectivity index (χ0) is 14.0. The summed E-state index contributed by atoms with van der Waals surface area (Å²) in [6, 6.07) is 3.94. The van der Waals surface area contributed by atoms with Gasteiger partial charge in [0, 0.05) is 18.6 Å². The van der Waals surface area contributed by atoms with E-state index in [1.54, 1.807) is 14.2 Å². The normalized spacial score (nSPS) is 24.3. The summed E-state index contributed by atoms with van der Waals surface area (Å²) < 4.78 is 16.3. The van der Waals surface area contributed by atoms with Gasteiger partial charge in [-0.2, -0.15) is 0 Å². The van der Waals surface area contributed by atoms with Crippen molar-refractivity contribution in [3.05, 3.63) is 23.3 Å². The van der Waals surface area contributed by atoms with Gasteiger partial charge in [-0.15, -0.1) is 0 Å². The highest BCUT2D eigenvalue weighted by Crippen LogP contribution is 2.37. The summed E-state index contributed by atoms with van der Waals surface area (Å²) >= 11 is 0. The Kier molecular flexibility index (Phi) is 4.32. The smallest absolute Gasteiger partial charge is 0.161 e. The molecule has 0 aliphatic carbocycles. The van der Waals surface area contributed by atoms with E-state index in [1.807, 2.05) is 12.1 Å². The molecule has 1 aromatic rings. The van der Waals surface area contributed by atoms with Crippen LogP contribution in [0, 0.1) is 12.8 Å². The lowest BCUT2D eigenvalue weighted by Crippen LogP contribution is -2.27. The monoisotopic (exact) mass is 265 g/mol. The number of methoxy groups -OCH3 is 2. The Morgan fingerprint density at radius 2 is 1.89 bits per heavy atom. The van der Waals surface area contributed by atoms with E-state index in [2.05, 4.69) is 13.8 Å². The van der Waals surface area contributed by atoms with Gasteiger partial charge in [-0.3, -0.25) is 0 Å². The highest BCUT2D eigenvalue weighted by atomic mass is 16.5. The summed E-state index contributed by atoms with van der Waals surface area (Å²) in [5, 5.41) is 0. The van der Waals surface area contributed by atoms with Crippen LogP contribution in [0.25, 0.3) is 0 Å². The largest absolute Gasteiger partial charge is 0.493 e. The molecule has 3 unspecified atom stereocenters. The molecule has 0 aromatic heterocycles. The molecule has 0 amide bonds. The maximum Gasteiger partial charge on any atom is 0.161 e. The van der Waals surface area contributed by atoms with Crippen LogP contribution >= 0.6 is 0 Å². The zero-order valence-electron chi connectivity index (χ0n) is 12.1. The van der Waals surface area contributed by atoms with Crippen molar-refractivity contribution in [3.63, 3.8) is 0 Å². The number of hydrogen-bond donors (Lipinski definition) is 1. The Morgan fingerprint density at radius 3 is 2.42 bits per heavy atom. The second kappa shape index (κ2) is 5.80. The van der Waals surface area contributed by atoms with Gasteiger partial charge in [-0.1, -0.05) is 0 Å². The molecule has 0 radical (unpaired) electrons. The van der Waals surface area contributed by atoms with Gasteiger partial charge in [-0.25, -0.2) is 0 Å². The van der Waals surface area contributed by atoms with Gasteiger partial charge in [0.15, 0.2) is 11.5 Å². The van der Waals surface area contributed by atoms with E-state index >= 15 is 0 Å². The van der Waals surface area contributed by atoms with E-state index in [9.17, 15) is 0 Å². The van der Waals surface area contributed by atoms with Crippen LogP contribution in [0.15, 0.2) is 12.1 Å². The highest BCUT2D eigenvalue weighted by Gasteiger charge is 2.31. The number of benzene rings is 1. The standard InChI is InChI=1S/C15H23NO3/c1-9-7-13(17-3)14(18-4)8-12(9)15(16)11-5-6-19-10(11)2/h7-8,10-11,15H,5-6,16H2,1-4H3. The number of rotatable bonds is 4. The first-order valence-corrected chi connectivity index (χ1v) is 6.68. The Morgan fingerprint density at radius 1 is 1.26 bits per heavy atom. The third-order valence-electron chi connectivity index (χ3n) is 4.03. The van der Waals surface area contributed by atoms with Crippen molar-refractivity contribution >= 4 is 0 Å². The van der Waals surface area contributed by atoms with E-state index in [0.717, 1.165) is 35.7 Å². The molecular weight excluding hydrogens is 242 g/mol. The average Bonchev–Trinajstić information content (AvgIpc) is 2.83. The lowest BCUT2D eigenvalue weighted by atomic mass is 9.87. The summed E-state index contributed by atoms with van der Waals surface area (Å²) in [4.78, 5) is 0. The molecule has 3 atom stereocenters. The van der Waals surface area contributed by atoms with Crippen molar-refractivity contribution in [2.45, 2.75) is 32.4 Å². The molecule has 106 valence electrons. The first-order valence-electron chi connectivity index (χ1n) is 6.68. The molecule has 4 heteroatoms. The van der Waals surface area contributed by atoms with Crippen molar-refractivity contribution in [2.75, 3.05) is 20.8 Å². The lowest BCUT2D eigenvalue weighted by molar-refractivity contribution is 0.0994. The van der Waals surface area contributed by atoms with Crippen molar-refractivity contribution in [2.24, 2.45) is 11.7 Å². The van der Waals surface area contributed by atoms with Gasteiger partial charge >= 0.3 is 0 Å². The van der Waals surface area contributed by atoms with Crippen LogP contribution in [0.4, 0.5) is 0 Å². The third kappa shape index (κ3) is 2.69. The van der Waals surface area contributed by atoms with Crippen LogP contribution in [0.5, 0.6) is 11.5 Å². The van der Waals surface area contributed by atoms with Crippen LogP contribution in [0.1, 0.15) is 30.5 Å². The minimum Gasteiger partial charge on any atom is -0.493 e. The molecule has 1 fully saturated rings. The molecule has 0 saturated carbocycles. The summed E-state index contributed by atoms with van der Waals surface area (Å²) in [5.41, 5.74) is 8.67. The molecule has 2 rings (SSSR count). The van der Waals surface area contributed by atoms with E-state index < -0.39 is 0 Å². The van der Waals surface area contributed by atoms with Gasteiger partial charge in [-0.05, 0) is 43.5 Å². The van der Waals surface area contributed by atoms with Crippen molar-refractivity contribution < 1.29 is 14.2 Å². The SMILES string of the molecule is COc1cc(C)c(C(N)C2CCOC2C)cc1OC. The van der Waals surface area contributed by atoms with Crippen LogP contribution < -0.4 is 15.2 Å². The van der Waals surface area contributed by atoms with Crippen molar-refractivity contribution in [1.29, 1.82) is 0 Å². The van der Waals surface area contributed by atoms with E-state index in [1.165, 1.54) is 0 Å². The molecule has 0 spiro atoms. The number of hydrogen-bond acceptors (Lipinski definition) is 4. The third-order valence-corrected chi connectivity index (χ3v) is 4.03. The topological polar surface area (TPSA) is 53.7 Å². The molecule has 1 aliphatic rings. The van der Waals surface area contributed by atoms with Gasteiger partial charge in [0.25, 0.3) is 0 Å². The Balaban J connectivity index is 2.33. The fourth-order valence-electron chi connectivity index (χ4n) is 2.81. The lowest BCUT2D eigenvalue weighted by Gasteiger charge is -2.24. The molecule has 2 N–H and O–H groups in total. The number of nitrogens with two attached hydrogens (primary N) is 1. The van der Waals surface area contributed by atoms with Gasteiger partial charge in [0.2, 0.25) is 0 Å². The van der Waals surface area contributed by atoms with Crippen LogP contribution in [0.2, 0.25) is 0 Å². The predicted octanol–water partition coefficient (Wildman–Crippen LogP) is 2.44. The summed E-state index contributed by atoms with van der Waals surface area (Å²) in [6.07, 6.45) is 1.22. The summed E-state index contributed by atoms with van der Waals surface area (Å²) in [6.45, 7) is 4.94. The van der Waals surface area contributed by atoms with Crippen molar-refractivity contribution in [1.82, 2.24) is 0 Å². The number of ether oxygens (including phenoxy) is 3. The van der Waals surface area contributed by atoms with E-state index in [-0.39, 0.29) is 12.1 Å². The number of aryl methyl sites for hydroxylation is 1. The molecule has 1 aliphatic heterocycles. The van der Waals surface area contributed by atoms with Crippen molar-refractivity contribution in [3.8, 4) is 11.5 Å². The maximum atomic E-state index is 6.43. The molecule has 1 heterocycles. The highest BCUT2D eigenvalue weighted by molar-refractivity contribution is 5.48. The van der Waals surface area contributed by atoms with Crippen LogP contribution in [0.3, 0.4) is 0 Å².